The zero-order chi connectivity index (χ0) is 13.0. The number of carbonyl (C=O) groups excluding carboxylic acids is 1. The van der Waals surface area contributed by atoms with E-state index in [-0.39, 0.29) is 30.3 Å². The molecule has 0 aromatic carbocycles. The van der Waals surface area contributed by atoms with E-state index in [1.165, 1.54) is 0 Å². The molecular formula is C11H20N2O3S. The summed E-state index contributed by atoms with van der Waals surface area (Å²) in [6.45, 7) is 4.22. The number of thioether (sulfide) groups is 1. The fourth-order valence-electron chi connectivity index (χ4n) is 1.80. The molecule has 0 aromatic heterocycles. The third-order valence-electron chi connectivity index (χ3n) is 3.10. The van der Waals surface area contributed by atoms with Crippen LogP contribution in [0.25, 0.3) is 0 Å². The standard InChI is InChI=1S/C11H20N2O3S/c1-7(8(2)12)11(16)13-3-4-17-6-9(13)5-10(14)15/h7-9H,3-6,12H2,1-2H3,(H,14,15). The third kappa shape index (κ3) is 3.89. The van der Waals surface area contributed by atoms with Crippen LogP contribution in [0.2, 0.25) is 0 Å². The first-order valence-corrected chi connectivity index (χ1v) is 6.94. The first kappa shape index (κ1) is 14.3. The maximum atomic E-state index is 12.2. The van der Waals surface area contributed by atoms with Crippen molar-refractivity contribution in [3.05, 3.63) is 0 Å². The van der Waals surface area contributed by atoms with Crippen molar-refractivity contribution in [2.75, 3.05) is 18.1 Å². The summed E-state index contributed by atoms with van der Waals surface area (Å²) in [6.07, 6.45) is 0.0183. The number of nitrogens with zero attached hydrogens (tertiary/aromatic N) is 1. The van der Waals surface area contributed by atoms with Crippen molar-refractivity contribution in [1.29, 1.82) is 0 Å². The number of carboxylic acids is 1. The van der Waals surface area contributed by atoms with Crippen molar-refractivity contribution < 1.29 is 14.7 Å². The number of carbonyl (C=O) groups is 2. The van der Waals surface area contributed by atoms with Gasteiger partial charge in [-0.15, -0.1) is 0 Å². The van der Waals surface area contributed by atoms with Crippen molar-refractivity contribution >= 4 is 23.6 Å². The molecule has 3 N–H and O–H groups in total. The van der Waals surface area contributed by atoms with Crippen molar-refractivity contribution in [1.82, 2.24) is 4.90 Å². The van der Waals surface area contributed by atoms with E-state index in [1.54, 1.807) is 30.5 Å². The summed E-state index contributed by atoms with van der Waals surface area (Å²) in [4.78, 5) is 24.6. The minimum absolute atomic E-state index is 0.0183. The lowest BCUT2D eigenvalue weighted by atomic mass is 10.0. The summed E-state index contributed by atoms with van der Waals surface area (Å²) >= 11 is 1.70. The fourth-order valence-corrected chi connectivity index (χ4v) is 2.86. The first-order chi connectivity index (χ1) is 7.93. The van der Waals surface area contributed by atoms with E-state index < -0.39 is 5.97 Å². The summed E-state index contributed by atoms with van der Waals surface area (Å²) in [6, 6.07) is -0.400. The lowest BCUT2D eigenvalue weighted by molar-refractivity contribution is -0.142. The van der Waals surface area contributed by atoms with E-state index in [0.29, 0.717) is 12.3 Å². The van der Waals surface area contributed by atoms with Crippen LogP contribution in [0.3, 0.4) is 0 Å². The van der Waals surface area contributed by atoms with Crippen molar-refractivity contribution in [2.45, 2.75) is 32.4 Å². The molecule has 0 aliphatic carbocycles. The Morgan fingerprint density at radius 2 is 2.18 bits per heavy atom. The molecule has 1 fully saturated rings. The van der Waals surface area contributed by atoms with Crippen LogP contribution in [-0.4, -0.2) is 52.0 Å². The van der Waals surface area contributed by atoms with E-state index in [2.05, 4.69) is 0 Å². The molecule has 6 heteroatoms. The Kier molecular flexibility index (Phi) is 5.27. The molecule has 1 aliphatic heterocycles. The number of aliphatic carboxylic acids is 1. The van der Waals surface area contributed by atoms with Gasteiger partial charge in [0.2, 0.25) is 5.91 Å². The van der Waals surface area contributed by atoms with Crippen molar-refractivity contribution in [3.8, 4) is 0 Å². The van der Waals surface area contributed by atoms with Crippen molar-refractivity contribution in [3.63, 3.8) is 0 Å². The normalized spacial score (nSPS) is 24.2. The Bertz CT molecular complexity index is 296. The van der Waals surface area contributed by atoms with Gasteiger partial charge in [0.05, 0.1) is 18.4 Å². The summed E-state index contributed by atoms with van der Waals surface area (Å²) in [5, 5.41) is 8.84. The van der Waals surface area contributed by atoms with Crippen LogP contribution in [-0.2, 0) is 9.59 Å². The highest BCUT2D eigenvalue weighted by molar-refractivity contribution is 7.99. The Morgan fingerprint density at radius 3 is 2.71 bits per heavy atom. The monoisotopic (exact) mass is 260 g/mol. The highest BCUT2D eigenvalue weighted by Gasteiger charge is 2.32. The molecule has 98 valence electrons. The molecule has 3 unspecified atom stereocenters. The van der Waals surface area contributed by atoms with Crippen LogP contribution in [0.4, 0.5) is 0 Å². The topological polar surface area (TPSA) is 83.6 Å². The molecule has 17 heavy (non-hydrogen) atoms. The molecule has 1 heterocycles. The van der Waals surface area contributed by atoms with Gasteiger partial charge in [-0.25, -0.2) is 0 Å². The number of carboxylic acid groups (broad SMARTS) is 1. The Labute approximate surface area is 106 Å². The van der Waals surface area contributed by atoms with Crippen LogP contribution in [0.1, 0.15) is 20.3 Å². The quantitative estimate of drug-likeness (QED) is 0.764. The second kappa shape index (κ2) is 6.26. The van der Waals surface area contributed by atoms with Crippen LogP contribution >= 0.6 is 11.8 Å². The van der Waals surface area contributed by atoms with Gasteiger partial charge in [-0.05, 0) is 6.92 Å². The molecule has 5 nitrogen and oxygen atoms in total. The smallest absolute Gasteiger partial charge is 0.305 e. The van der Waals surface area contributed by atoms with Crippen molar-refractivity contribution in [2.24, 2.45) is 11.7 Å². The highest BCUT2D eigenvalue weighted by Crippen LogP contribution is 2.21. The molecule has 0 radical (unpaired) electrons. The van der Waals surface area contributed by atoms with E-state index in [1.807, 2.05) is 0 Å². The molecule has 0 spiro atoms. The number of nitrogens with two attached hydrogens (primary N) is 1. The molecule has 3 atom stereocenters. The number of rotatable bonds is 4. The zero-order valence-corrected chi connectivity index (χ0v) is 11.1. The van der Waals surface area contributed by atoms with Gasteiger partial charge in [-0.2, -0.15) is 11.8 Å². The second-order valence-electron chi connectivity index (χ2n) is 4.51. The van der Waals surface area contributed by atoms with Crippen LogP contribution in [0.15, 0.2) is 0 Å². The average molecular weight is 260 g/mol. The predicted octanol–water partition coefficient (Wildman–Crippen LogP) is 0.388. The van der Waals surface area contributed by atoms with Gasteiger partial charge >= 0.3 is 5.97 Å². The lowest BCUT2D eigenvalue weighted by Gasteiger charge is -2.37. The van der Waals surface area contributed by atoms with E-state index in [0.717, 1.165) is 5.75 Å². The van der Waals surface area contributed by atoms with Crippen LogP contribution < -0.4 is 5.73 Å². The number of hydrogen-bond acceptors (Lipinski definition) is 4. The Hall–Kier alpha value is -0.750. The van der Waals surface area contributed by atoms with E-state index in [9.17, 15) is 9.59 Å². The summed E-state index contributed by atoms with van der Waals surface area (Å²) in [5.74, 6) is 0.432. The molecular weight excluding hydrogens is 240 g/mol. The molecule has 0 bridgehead atoms. The molecule has 1 aliphatic rings. The van der Waals surface area contributed by atoms with Crippen LogP contribution in [0.5, 0.6) is 0 Å². The minimum Gasteiger partial charge on any atom is -0.481 e. The summed E-state index contributed by atoms with van der Waals surface area (Å²) in [5.41, 5.74) is 5.72. The predicted molar refractivity (Wildman–Crippen MR) is 67.9 cm³/mol. The molecule has 0 aromatic rings. The summed E-state index contributed by atoms with van der Waals surface area (Å²) < 4.78 is 0. The van der Waals surface area contributed by atoms with Gasteiger partial charge in [0.1, 0.15) is 0 Å². The SMILES string of the molecule is CC(N)C(C)C(=O)N1CCSCC1CC(=O)O. The van der Waals surface area contributed by atoms with Gasteiger partial charge in [-0.1, -0.05) is 6.92 Å². The van der Waals surface area contributed by atoms with Gasteiger partial charge < -0.3 is 15.7 Å². The molecule has 1 saturated heterocycles. The van der Waals surface area contributed by atoms with Gasteiger partial charge in [0.15, 0.2) is 0 Å². The largest absolute Gasteiger partial charge is 0.481 e. The zero-order valence-electron chi connectivity index (χ0n) is 10.3. The third-order valence-corrected chi connectivity index (χ3v) is 4.19. The van der Waals surface area contributed by atoms with E-state index in [4.69, 9.17) is 10.8 Å². The minimum atomic E-state index is -0.858. The Balaban J connectivity index is 2.70. The molecule has 0 saturated carbocycles. The van der Waals surface area contributed by atoms with Gasteiger partial charge in [0.25, 0.3) is 0 Å². The lowest BCUT2D eigenvalue weighted by Crippen LogP contribution is -2.51. The maximum Gasteiger partial charge on any atom is 0.305 e. The molecule has 1 amide bonds. The summed E-state index contributed by atoms with van der Waals surface area (Å²) in [7, 11) is 0. The average Bonchev–Trinajstić information content (AvgIpc) is 2.27. The van der Waals surface area contributed by atoms with E-state index >= 15 is 0 Å². The number of amides is 1. The number of hydrogen-bond donors (Lipinski definition) is 2. The Morgan fingerprint density at radius 1 is 1.53 bits per heavy atom. The fraction of sp³-hybridized carbons (Fsp3) is 0.818. The molecule has 1 rings (SSSR count). The second-order valence-corrected chi connectivity index (χ2v) is 5.66. The van der Waals surface area contributed by atoms with Crippen LogP contribution in [0, 0.1) is 5.92 Å². The first-order valence-electron chi connectivity index (χ1n) is 5.79. The maximum absolute atomic E-state index is 12.2. The van der Waals surface area contributed by atoms with Gasteiger partial charge in [-0.3, -0.25) is 9.59 Å². The van der Waals surface area contributed by atoms with Gasteiger partial charge in [0, 0.05) is 24.1 Å². The highest BCUT2D eigenvalue weighted by atomic mass is 32.2.